The first kappa shape index (κ1) is 33.2. The molecule has 0 saturated heterocycles. The quantitative estimate of drug-likeness (QED) is 0.0405. The molecule has 0 aromatic heterocycles. The van der Waals surface area contributed by atoms with E-state index < -0.39 is 37.5 Å². The zero-order valence-electron chi connectivity index (χ0n) is 25.9. The number of phenolic OH excluding ortho intramolecular Hbond substituents is 2. The first-order valence-electron chi connectivity index (χ1n) is 14.5. The molecule has 0 aliphatic carbocycles. The highest BCUT2D eigenvalue weighted by atomic mass is 32.2. The summed E-state index contributed by atoms with van der Waals surface area (Å²) in [7, 11) is -4.92. The average Bonchev–Trinajstić information content (AvgIpc) is 3.04. The van der Waals surface area contributed by atoms with Crippen molar-refractivity contribution in [1.29, 1.82) is 0 Å². The zero-order valence-corrected chi connectivity index (χ0v) is 27.5. The Kier molecular flexibility index (Phi) is 8.60. The number of aryl methyl sites for hydroxylation is 2. The number of fused-ring (bicyclic) bond motifs is 2. The summed E-state index contributed by atoms with van der Waals surface area (Å²) < 4.78 is 55.4. The van der Waals surface area contributed by atoms with E-state index in [1.54, 1.807) is 37.3 Å². The molecule has 49 heavy (non-hydrogen) atoms. The van der Waals surface area contributed by atoms with Crippen LogP contribution in [-0.2, 0) is 21.2 Å². The molecule has 6 rings (SSSR count). The number of aromatic hydroxyl groups is 2. The van der Waals surface area contributed by atoms with Gasteiger partial charge in [-0.2, -0.15) is 18.6 Å². The Labute approximate surface area is 282 Å². The van der Waals surface area contributed by atoms with Crippen LogP contribution in [0.1, 0.15) is 11.1 Å². The van der Waals surface area contributed by atoms with Crippen molar-refractivity contribution >= 4 is 76.9 Å². The van der Waals surface area contributed by atoms with Crippen molar-refractivity contribution < 1.29 is 31.9 Å². The van der Waals surface area contributed by atoms with Gasteiger partial charge in [-0.3, -0.25) is 4.55 Å². The Hall–Kier alpha value is -5.74. The van der Waals surface area contributed by atoms with Crippen LogP contribution in [0.3, 0.4) is 0 Å². The number of nitrogens with two attached hydrogens (primary N) is 2. The van der Waals surface area contributed by atoms with Crippen LogP contribution in [0, 0.1) is 13.8 Å². The highest BCUT2D eigenvalue weighted by Crippen LogP contribution is 2.45. The largest absolute Gasteiger partial charge is 0.505 e. The molecule has 6 aromatic carbocycles. The fourth-order valence-corrected chi connectivity index (χ4v) is 6.56. The van der Waals surface area contributed by atoms with Gasteiger partial charge < -0.3 is 26.2 Å². The predicted octanol–water partition coefficient (Wildman–Crippen LogP) is 8.51. The van der Waals surface area contributed by atoms with Crippen molar-refractivity contribution in [1.82, 2.24) is 0 Å². The molecule has 0 saturated carbocycles. The minimum Gasteiger partial charge on any atom is -0.505 e. The Morgan fingerprint density at radius 1 is 0.653 bits per heavy atom. The van der Waals surface area contributed by atoms with Crippen LogP contribution >= 0.6 is 0 Å². The number of rotatable bonds is 7. The molecule has 0 aliphatic heterocycles. The lowest BCUT2D eigenvalue weighted by Crippen LogP contribution is -2.01. The van der Waals surface area contributed by atoms with E-state index in [1.807, 2.05) is 43.3 Å². The maximum Gasteiger partial charge on any atom is 0.296 e. The number of hydrogen-bond acceptors (Lipinski definition) is 11. The Morgan fingerprint density at radius 2 is 1.22 bits per heavy atom. The van der Waals surface area contributed by atoms with Crippen molar-refractivity contribution in [2.45, 2.75) is 23.6 Å². The molecule has 15 heteroatoms. The van der Waals surface area contributed by atoms with Crippen LogP contribution in [0.25, 0.3) is 32.7 Å². The van der Waals surface area contributed by atoms with E-state index in [0.717, 1.165) is 28.1 Å². The molecule has 13 nitrogen and oxygen atoms in total. The average molecular weight is 697 g/mol. The summed E-state index contributed by atoms with van der Waals surface area (Å²) in [6, 6.07) is 23.1. The molecular weight excluding hydrogens is 669 g/mol. The molecule has 0 fully saturated rings. The molecule has 1 atom stereocenters. The Morgan fingerprint density at radius 3 is 1.82 bits per heavy atom. The minimum atomic E-state index is -4.92. The molecule has 248 valence electrons. The molecule has 8 N–H and O–H groups in total. The molecule has 1 unspecified atom stereocenters. The van der Waals surface area contributed by atoms with Gasteiger partial charge in [0, 0.05) is 22.1 Å². The fraction of sp³-hybridized carbons (Fsp3) is 0.0588. The minimum absolute atomic E-state index is 0.00168. The zero-order chi connectivity index (χ0) is 35.2. The third-order valence-electron chi connectivity index (χ3n) is 7.91. The topological polar surface area (TPSA) is 234 Å². The maximum absolute atomic E-state index is 12.2. The van der Waals surface area contributed by atoms with E-state index in [9.17, 15) is 31.9 Å². The SMILES string of the molecule is Cc1cc(-c2ccc(N=Nc3c(S(=O)(=O)O)cc4cc(S(=O)O)cc(N)c4c3O)c(C)c2)ccc1N=Nc1ccc2cccc(N)c2c1O. The van der Waals surface area contributed by atoms with Gasteiger partial charge >= 0.3 is 0 Å². The summed E-state index contributed by atoms with van der Waals surface area (Å²) >= 11 is -2.43. The van der Waals surface area contributed by atoms with Crippen molar-refractivity contribution in [3.63, 3.8) is 0 Å². The molecule has 0 amide bonds. The van der Waals surface area contributed by atoms with Gasteiger partial charge in [-0.25, -0.2) is 4.21 Å². The van der Waals surface area contributed by atoms with Crippen molar-refractivity contribution in [2.75, 3.05) is 11.5 Å². The number of nitrogen functional groups attached to an aromatic ring is 2. The smallest absolute Gasteiger partial charge is 0.296 e. The van der Waals surface area contributed by atoms with E-state index in [2.05, 4.69) is 20.5 Å². The monoisotopic (exact) mass is 696 g/mol. The van der Waals surface area contributed by atoms with Crippen molar-refractivity contribution in [2.24, 2.45) is 20.5 Å². The first-order valence-corrected chi connectivity index (χ1v) is 17.0. The summed E-state index contributed by atoms with van der Waals surface area (Å²) in [5.41, 5.74) is 16.3. The number of anilines is 2. The molecule has 0 radical (unpaired) electrons. The van der Waals surface area contributed by atoms with Crippen LogP contribution in [0.2, 0.25) is 0 Å². The summed E-state index contributed by atoms with van der Waals surface area (Å²) in [6.07, 6.45) is 0. The molecule has 0 heterocycles. The number of phenols is 2. The van der Waals surface area contributed by atoms with E-state index in [4.69, 9.17) is 11.5 Å². The van der Waals surface area contributed by atoms with E-state index in [0.29, 0.717) is 28.0 Å². The second-order valence-corrected chi connectivity index (χ2v) is 13.5. The molecule has 6 aromatic rings. The molecule has 0 aliphatic rings. The van der Waals surface area contributed by atoms with Crippen LogP contribution < -0.4 is 11.5 Å². The summed E-state index contributed by atoms with van der Waals surface area (Å²) in [6.45, 7) is 3.65. The van der Waals surface area contributed by atoms with Gasteiger partial charge in [0.05, 0.1) is 16.3 Å². The predicted molar refractivity (Wildman–Crippen MR) is 189 cm³/mol. The van der Waals surface area contributed by atoms with Crippen molar-refractivity contribution in [3.05, 3.63) is 96.1 Å². The Balaban J connectivity index is 1.29. The van der Waals surface area contributed by atoms with Crippen LogP contribution in [-0.4, -0.2) is 31.9 Å². The van der Waals surface area contributed by atoms with Gasteiger partial charge in [0.1, 0.15) is 16.3 Å². The summed E-state index contributed by atoms with van der Waals surface area (Å²) in [5, 5.41) is 39.7. The van der Waals surface area contributed by atoms with Crippen LogP contribution in [0.15, 0.2) is 115 Å². The van der Waals surface area contributed by atoms with Gasteiger partial charge in [0.2, 0.25) is 0 Å². The van der Waals surface area contributed by atoms with E-state index in [-0.39, 0.29) is 32.8 Å². The van der Waals surface area contributed by atoms with Crippen LogP contribution in [0.4, 0.5) is 34.1 Å². The van der Waals surface area contributed by atoms with Gasteiger partial charge in [-0.1, -0.05) is 30.3 Å². The highest BCUT2D eigenvalue weighted by Gasteiger charge is 2.24. The Bertz CT molecular complexity index is 2540. The molecule has 0 spiro atoms. The number of azo groups is 2. The maximum atomic E-state index is 12.2. The summed E-state index contributed by atoms with van der Waals surface area (Å²) in [5.74, 6) is -0.727. The summed E-state index contributed by atoms with van der Waals surface area (Å²) in [4.78, 5) is -0.888. The lowest BCUT2D eigenvalue weighted by atomic mass is 10.0. The number of benzene rings is 6. The highest BCUT2D eigenvalue weighted by molar-refractivity contribution is 7.86. The van der Waals surface area contributed by atoms with Crippen molar-refractivity contribution in [3.8, 4) is 22.6 Å². The van der Waals surface area contributed by atoms with E-state index in [1.165, 1.54) is 12.1 Å². The van der Waals surface area contributed by atoms with E-state index >= 15 is 0 Å². The fourth-order valence-electron chi connectivity index (χ4n) is 5.45. The first-order chi connectivity index (χ1) is 23.2. The van der Waals surface area contributed by atoms with Crippen LogP contribution in [0.5, 0.6) is 11.5 Å². The van der Waals surface area contributed by atoms with Gasteiger partial charge in [0.15, 0.2) is 22.6 Å². The number of hydrogen-bond donors (Lipinski definition) is 6. The van der Waals surface area contributed by atoms with Gasteiger partial charge in [0.25, 0.3) is 10.1 Å². The van der Waals surface area contributed by atoms with Gasteiger partial charge in [-0.05, 0) is 101 Å². The lowest BCUT2D eigenvalue weighted by molar-refractivity contribution is 0.472. The third kappa shape index (κ3) is 6.42. The lowest BCUT2D eigenvalue weighted by Gasteiger charge is -2.12. The normalized spacial score (nSPS) is 12.8. The third-order valence-corrected chi connectivity index (χ3v) is 9.42. The van der Waals surface area contributed by atoms with Gasteiger partial charge in [-0.15, -0.1) is 10.2 Å². The standard InChI is InChI=1S/C34H28N6O7S2/c1-17-12-20(7-9-26(17)37-39-28-11-6-19-4-3-5-24(35)30(19)33(28)41)21-8-10-27(18(2)13-21)38-40-32-29(49(45,46)47)15-22-14-23(48(43)44)16-25(36)31(22)34(32)42/h3-16,41-42H,35-36H2,1-2H3,(H,43,44)(H,45,46,47). The second-order valence-electron chi connectivity index (χ2n) is 11.2. The second kappa shape index (κ2) is 12.7. The molecule has 0 bridgehead atoms. The number of nitrogens with zero attached hydrogens (tertiary/aromatic N) is 4. The molecular formula is C34H28N6O7S2.